The number of nitro benzene ring substituents is 1. The van der Waals surface area contributed by atoms with Gasteiger partial charge < -0.3 is 9.47 Å². The molecule has 0 aliphatic carbocycles. The predicted octanol–water partition coefficient (Wildman–Crippen LogP) is 2.21. The van der Waals surface area contributed by atoms with Gasteiger partial charge in [-0.05, 0) is 13.0 Å². The van der Waals surface area contributed by atoms with Crippen LogP contribution in [0.5, 0.6) is 11.6 Å². The number of carbonyl (C=O) groups is 1. The molecule has 0 bridgehead atoms. The Morgan fingerprint density at radius 2 is 2.15 bits per heavy atom. The molecule has 0 spiro atoms. The minimum Gasteiger partial charge on any atom is -0.465 e. The van der Waals surface area contributed by atoms with Gasteiger partial charge in [-0.3, -0.25) is 15.2 Å². The summed E-state index contributed by atoms with van der Waals surface area (Å²) in [7, 11) is 1.22. The van der Waals surface area contributed by atoms with E-state index in [0.29, 0.717) is 0 Å². The van der Waals surface area contributed by atoms with Gasteiger partial charge in [0.1, 0.15) is 0 Å². The maximum Gasteiger partial charge on any atom is 0.337 e. The number of hydrogen-bond donors (Lipinski definition) is 1. The number of rotatable bonds is 4. The highest BCUT2D eigenvalue weighted by molar-refractivity contribution is 5.90. The molecule has 0 amide bonds. The predicted molar refractivity (Wildman–Crippen MR) is 67.8 cm³/mol. The first kappa shape index (κ1) is 13.5. The number of methoxy groups -OCH3 is 1. The Kier molecular flexibility index (Phi) is 3.65. The zero-order chi connectivity index (χ0) is 14.7. The van der Waals surface area contributed by atoms with E-state index >= 15 is 0 Å². The first-order valence-corrected chi connectivity index (χ1v) is 5.58. The van der Waals surface area contributed by atoms with Gasteiger partial charge in [-0.25, -0.2) is 4.79 Å². The van der Waals surface area contributed by atoms with E-state index in [2.05, 4.69) is 14.9 Å². The van der Waals surface area contributed by atoms with Crippen molar-refractivity contribution in [3.63, 3.8) is 0 Å². The molecule has 1 heterocycles. The summed E-state index contributed by atoms with van der Waals surface area (Å²) >= 11 is 0. The van der Waals surface area contributed by atoms with Crippen molar-refractivity contribution in [2.24, 2.45) is 0 Å². The molecule has 0 aliphatic rings. The standard InChI is InChI=1S/C12H11N3O5/c1-7-5-11(14-13-7)20-10-6-8(12(16)19-2)3-4-9(10)15(17)18/h3-6H,1-2H3,(H,13,14). The number of aromatic nitrogens is 2. The summed E-state index contributed by atoms with van der Waals surface area (Å²) in [5.74, 6) is -0.514. The molecule has 1 N–H and O–H groups in total. The number of nitrogens with one attached hydrogen (secondary N) is 1. The number of H-pyrrole nitrogens is 1. The molecule has 20 heavy (non-hydrogen) atoms. The summed E-state index contributed by atoms with van der Waals surface area (Å²) in [4.78, 5) is 21.8. The molecule has 0 atom stereocenters. The van der Waals surface area contributed by atoms with Crippen LogP contribution in [0.1, 0.15) is 16.1 Å². The van der Waals surface area contributed by atoms with Gasteiger partial charge in [-0.2, -0.15) is 0 Å². The van der Waals surface area contributed by atoms with Gasteiger partial charge in [0.05, 0.1) is 17.6 Å². The van der Waals surface area contributed by atoms with Crippen LogP contribution in [0.25, 0.3) is 0 Å². The van der Waals surface area contributed by atoms with Crippen molar-refractivity contribution in [1.82, 2.24) is 10.2 Å². The van der Waals surface area contributed by atoms with E-state index in [0.717, 1.165) is 5.69 Å². The van der Waals surface area contributed by atoms with Gasteiger partial charge in [0.25, 0.3) is 0 Å². The summed E-state index contributed by atoms with van der Waals surface area (Å²) in [6.45, 7) is 1.76. The SMILES string of the molecule is COC(=O)c1ccc([N+](=O)[O-])c(Oc2cc(C)[nH]n2)c1. The molecule has 1 aromatic heterocycles. The number of esters is 1. The average molecular weight is 277 g/mol. The summed E-state index contributed by atoms with van der Waals surface area (Å²) in [5, 5.41) is 17.4. The Morgan fingerprint density at radius 3 is 2.70 bits per heavy atom. The van der Waals surface area contributed by atoms with Gasteiger partial charge >= 0.3 is 11.7 Å². The van der Waals surface area contributed by atoms with Crippen molar-refractivity contribution in [3.8, 4) is 11.6 Å². The zero-order valence-corrected chi connectivity index (χ0v) is 10.7. The Morgan fingerprint density at radius 1 is 1.40 bits per heavy atom. The molecular weight excluding hydrogens is 266 g/mol. The van der Waals surface area contributed by atoms with E-state index in [1.165, 1.54) is 25.3 Å². The van der Waals surface area contributed by atoms with Crippen LogP contribution < -0.4 is 4.74 Å². The van der Waals surface area contributed by atoms with E-state index in [-0.39, 0.29) is 22.9 Å². The maximum atomic E-state index is 11.4. The summed E-state index contributed by atoms with van der Waals surface area (Å²) in [5.41, 5.74) is 0.630. The van der Waals surface area contributed by atoms with Gasteiger partial charge in [-0.15, -0.1) is 5.10 Å². The summed E-state index contributed by atoms with van der Waals surface area (Å²) in [6, 6.07) is 5.30. The van der Waals surface area contributed by atoms with Gasteiger partial charge in [0, 0.05) is 23.9 Å². The Labute approximate surface area is 113 Å². The molecule has 2 rings (SSSR count). The van der Waals surface area contributed by atoms with Crippen molar-refractivity contribution in [3.05, 3.63) is 45.6 Å². The highest BCUT2D eigenvalue weighted by Crippen LogP contribution is 2.31. The number of ether oxygens (including phenoxy) is 2. The maximum absolute atomic E-state index is 11.4. The van der Waals surface area contributed by atoms with E-state index in [9.17, 15) is 14.9 Å². The fraction of sp³-hybridized carbons (Fsp3) is 0.167. The average Bonchev–Trinajstić information content (AvgIpc) is 2.82. The smallest absolute Gasteiger partial charge is 0.337 e. The lowest BCUT2D eigenvalue weighted by Gasteiger charge is -2.05. The Hall–Kier alpha value is -2.90. The van der Waals surface area contributed by atoms with Crippen molar-refractivity contribution in [2.75, 3.05) is 7.11 Å². The second-order valence-electron chi connectivity index (χ2n) is 3.92. The Bertz CT molecular complexity index is 665. The van der Waals surface area contributed by atoms with Gasteiger partial charge in [-0.1, -0.05) is 0 Å². The molecule has 104 valence electrons. The number of hydrogen-bond acceptors (Lipinski definition) is 6. The van der Waals surface area contributed by atoms with Crippen LogP contribution in [0.4, 0.5) is 5.69 Å². The quantitative estimate of drug-likeness (QED) is 0.521. The van der Waals surface area contributed by atoms with Crippen LogP contribution in [0, 0.1) is 17.0 Å². The van der Waals surface area contributed by atoms with Crippen LogP contribution >= 0.6 is 0 Å². The van der Waals surface area contributed by atoms with E-state index in [1.54, 1.807) is 13.0 Å². The first-order chi connectivity index (χ1) is 9.51. The molecule has 0 saturated carbocycles. The molecule has 1 aromatic carbocycles. The lowest BCUT2D eigenvalue weighted by molar-refractivity contribution is -0.385. The zero-order valence-electron chi connectivity index (χ0n) is 10.7. The molecule has 8 heteroatoms. The number of carbonyl (C=O) groups excluding carboxylic acids is 1. The van der Waals surface area contributed by atoms with Crippen molar-refractivity contribution in [1.29, 1.82) is 0 Å². The third-order valence-electron chi connectivity index (χ3n) is 2.47. The number of aromatic amines is 1. The third kappa shape index (κ3) is 2.74. The summed E-state index contributed by atoms with van der Waals surface area (Å²) < 4.78 is 9.89. The van der Waals surface area contributed by atoms with E-state index in [4.69, 9.17) is 4.74 Å². The second-order valence-corrected chi connectivity index (χ2v) is 3.92. The van der Waals surface area contributed by atoms with Crippen LogP contribution in [0.3, 0.4) is 0 Å². The molecule has 0 radical (unpaired) electrons. The molecule has 0 saturated heterocycles. The summed E-state index contributed by atoms with van der Waals surface area (Å²) in [6.07, 6.45) is 0. The van der Waals surface area contributed by atoms with Crippen molar-refractivity contribution < 1.29 is 19.2 Å². The minimum atomic E-state index is -0.608. The van der Waals surface area contributed by atoms with Crippen molar-refractivity contribution in [2.45, 2.75) is 6.92 Å². The largest absolute Gasteiger partial charge is 0.465 e. The topological polar surface area (TPSA) is 107 Å². The van der Waals surface area contributed by atoms with Crippen LogP contribution in [-0.4, -0.2) is 28.2 Å². The Balaban J connectivity index is 2.41. The van der Waals surface area contributed by atoms with Crippen LogP contribution in [0.15, 0.2) is 24.3 Å². The van der Waals surface area contributed by atoms with Gasteiger partial charge in [0.15, 0.2) is 0 Å². The third-order valence-corrected chi connectivity index (χ3v) is 2.47. The monoisotopic (exact) mass is 277 g/mol. The highest BCUT2D eigenvalue weighted by Gasteiger charge is 2.19. The molecular formula is C12H11N3O5. The van der Waals surface area contributed by atoms with E-state index in [1.807, 2.05) is 0 Å². The lowest BCUT2D eigenvalue weighted by atomic mass is 10.2. The van der Waals surface area contributed by atoms with Crippen LogP contribution in [0.2, 0.25) is 0 Å². The van der Waals surface area contributed by atoms with Crippen molar-refractivity contribution >= 4 is 11.7 Å². The number of aryl methyl sites for hydroxylation is 1. The van der Waals surface area contributed by atoms with E-state index < -0.39 is 10.9 Å². The van der Waals surface area contributed by atoms with Crippen LogP contribution in [-0.2, 0) is 4.74 Å². The molecule has 0 fully saturated rings. The highest BCUT2D eigenvalue weighted by atomic mass is 16.6. The normalized spacial score (nSPS) is 10.1. The molecule has 0 unspecified atom stereocenters. The number of benzene rings is 1. The molecule has 0 aliphatic heterocycles. The lowest BCUT2D eigenvalue weighted by Crippen LogP contribution is -2.02. The first-order valence-electron chi connectivity index (χ1n) is 5.58. The molecule has 2 aromatic rings. The fourth-order valence-corrected chi connectivity index (χ4v) is 1.55. The fourth-order valence-electron chi connectivity index (χ4n) is 1.55. The second kappa shape index (κ2) is 5.39. The number of nitrogens with zero attached hydrogens (tertiary/aromatic N) is 2. The van der Waals surface area contributed by atoms with Gasteiger partial charge in [0.2, 0.25) is 11.6 Å². The molecule has 8 nitrogen and oxygen atoms in total. The number of nitro groups is 1. The minimum absolute atomic E-state index is 0.0793.